The van der Waals surface area contributed by atoms with E-state index in [0.717, 1.165) is 42.8 Å². The lowest BCUT2D eigenvalue weighted by atomic mass is 10.0. The van der Waals surface area contributed by atoms with Crippen LogP contribution in [0.2, 0.25) is 0 Å². The molecule has 0 aliphatic carbocycles. The minimum atomic E-state index is -4.53. The summed E-state index contributed by atoms with van der Waals surface area (Å²) in [5.74, 6) is 0.319. The van der Waals surface area contributed by atoms with Crippen molar-refractivity contribution in [3.05, 3.63) is 83.4 Å². The van der Waals surface area contributed by atoms with E-state index in [-0.39, 0.29) is 22.1 Å². The maximum absolute atomic E-state index is 12.9. The molecular formula is C27H26F3N3O4S. The molecule has 38 heavy (non-hydrogen) atoms. The second kappa shape index (κ2) is 10.9. The Hall–Kier alpha value is -3.83. The first-order chi connectivity index (χ1) is 17.9. The summed E-state index contributed by atoms with van der Waals surface area (Å²) in [7, 11) is -0.149. The van der Waals surface area contributed by atoms with Crippen molar-refractivity contribution < 1.29 is 31.1 Å². The van der Waals surface area contributed by atoms with Crippen molar-refractivity contribution in [1.29, 1.82) is 0 Å². The van der Waals surface area contributed by atoms with Crippen LogP contribution in [0.5, 0.6) is 5.75 Å². The molecule has 2 N–H and O–H groups in total. The zero-order chi connectivity index (χ0) is 27.5. The quantitative estimate of drug-likeness (QED) is 0.280. The van der Waals surface area contributed by atoms with Crippen molar-refractivity contribution in [1.82, 2.24) is 4.90 Å². The van der Waals surface area contributed by atoms with Gasteiger partial charge in [-0.05, 0) is 86.8 Å². The summed E-state index contributed by atoms with van der Waals surface area (Å²) >= 11 is 0. The number of sulfonamides is 1. The van der Waals surface area contributed by atoms with Gasteiger partial charge < -0.3 is 15.0 Å². The summed E-state index contributed by atoms with van der Waals surface area (Å²) in [6, 6.07) is 15.0. The van der Waals surface area contributed by atoms with E-state index >= 15 is 0 Å². The number of amides is 1. The van der Waals surface area contributed by atoms with Crippen molar-refractivity contribution in [2.24, 2.45) is 0 Å². The number of halogens is 3. The molecule has 0 saturated heterocycles. The lowest BCUT2D eigenvalue weighted by Gasteiger charge is -2.11. The second-order valence-corrected chi connectivity index (χ2v) is 10.7. The number of carbonyl (C=O) groups is 1. The molecule has 0 fully saturated rings. The van der Waals surface area contributed by atoms with Crippen LogP contribution in [-0.4, -0.2) is 46.5 Å². The summed E-state index contributed by atoms with van der Waals surface area (Å²) in [6.45, 7) is 1.49. The average molecular weight is 546 g/mol. The molecule has 0 spiro atoms. The highest BCUT2D eigenvalue weighted by Crippen LogP contribution is 2.36. The van der Waals surface area contributed by atoms with Gasteiger partial charge in [0.05, 0.1) is 17.1 Å². The van der Waals surface area contributed by atoms with E-state index in [0.29, 0.717) is 23.6 Å². The highest BCUT2D eigenvalue weighted by molar-refractivity contribution is 7.92. The first kappa shape index (κ1) is 27.2. The molecule has 3 aromatic rings. The number of nitrogens with zero attached hydrogens (tertiary/aromatic N) is 1. The normalized spacial score (nSPS) is 14.5. The molecule has 1 aliphatic heterocycles. The molecule has 7 nitrogen and oxygen atoms in total. The Morgan fingerprint density at radius 2 is 1.68 bits per heavy atom. The van der Waals surface area contributed by atoms with Gasteiger partial charge in [0.2, 0.25) is 0 Å². The first-order valence-corrected chi connectivity index (χ1v) is 13.2. The number of alkyl halides is 3. The third kappa shape index (κ3) is 6.53. The number of ether oxygens (including phenoxy) is 1. The number of hydrogen-bond donors (Lipinski definition) is 2. The fourth-order valence-electron chi connectivity index (χ4n) is 3.82. The third-order valence-corrected chi connectivity index (χ3v) is 7.14. The summed E-state index contributed by atoms with van der Waals surface area (Å²) in [5.41, 5.74) is 0.949. The van der Waals surface area contributed by atoms with E-state index in [1.54, 1.807) is 30.3 Å². The predicted octanol–water partition coefficient (Wildman–Crippen LogP) is 5.33. The number of carbonyl (C=O) groups excluding carboxylic acids is 1. The Balaban J connectivity index is 1.52. The van der Waals surface area contributed by atoms with Crippen LogP contribution in [-0.2, 0) is 21.0 Å². The largest absolute Gasteiger partial charge is 0.494 e. The zero-order valence-corrected chi connectivity index (χ0v) is 21.5. The van der Waals surface area contributed by atoms with Crippen LogP contribution < -0.4 is 14.8 Å². The molecule has 1 amide bonds. The standard InChI is InChI=1S/C27H26F3N3O4S/c1-33(2)14-3-15-37-21-10-4-18(5-11-21)16-24-23-17-22(12-13-25(23)31-26(24)34)38(35,36)32-20-8-6-19(7-9-20)27(28,29)30/h4-13,16-17,32H,3,14-15H2,1-2H3,(H,31,34). The Kier molecular flexibility index (Phi) is 7.79. The lowest BCUT2D eigenvalue weighted by molar-refractivity contribution is -0.137. The van der Waals surface area contributed by atoms with Gasteiger partial charge in [0.1, 0.15) is 5.75 Å². The fraction of sp³-hybridized carbons (Fsp3) is 0.222. The molecule has 4 rings (SSSR count). The van der Waals surface area contributed by atoms with Gasteiger partial charge in [-0.15, -0.1) is 0 Å². The lowest BCUT2D eigenvalue weighted by Crippen LogP contribution is -2.15. The number of fused-ring (bicyclic) bond motifs is 1. The van der Waals surface area contributed by atoms with E-state index in [1.165, 1.54) is 18.2 Å². The van der Waals surface area contributed by atoms with Gasteiger partial charge in [-0.1, -0.05) is 12.1 Å². The monoisotopic (exact) mass is 545 g/mol. The van der Waals surface area contributed by atoms with Crippen LogP contribution in [0.15, 0.2) is 71.6 Å². The summed E-state index contributed by atoms with van der Waals surface area (Å²) in [5, 5.41) is 2.71. The van der Waals surface area contributed by atoms with Crippen molar-refractivity contribution in [3.63, 3.8) is 0 Å². The number of hydrogen-bond acceptors (Lipinski definition) is 5. The highest BCUT2D eigenvalue weighted by atomic mass is 32.2. The predicted molar refractivity (Wildman–Crippen MR) is 140 cm³/mol. The molecule has 0 atom stereocenters. The van der Waals surface area contributed by atoms with Crippen LogP contribution in [0.1, 0.15) is 23.1 Å². The number of rotatable bonds is 9. The van der Waals surface area contributed by atoms with Gasteiger partial charge in [0.25, 0.3) is 15.9 Å². The van der Waals surface area contributed by atoms with E-state index in [4.69, 9.17) is 4.74 Å². The van der Waals surface area contributed by atoms with Gasteiger partial charge in [0, 0.05) is 29.1 Å². The second-order valence-electron chi connectivity index (χ2n) is 8.97. The third-order valence-electron chi connectivity index (χ3n) is 5.76. The highest BCUT2D eigenvalue weighted by Gasteiger charge is 2.30. The molecular weight excluding hydrogens is 519 g/mol. The van der Waals surface area contributed by atoms with Crippen LogP contribution in [0, 0.1) is 0 Å². The molecule has 11 heteroatoms. The molecule has 1 heterocycles. The van der Waals surface area contributed by atoms with Crippen molar-refractivity contribution in [2.75, 3.05) is 37.3 Å². The summed E-state index contributed by atoms with van der Waals surface area (Å²) < 4.78 is 72.3. The molecule has 3 aromatic carbocycles. The molecule has 0 aromatic heterocycles. The van der Waals surface area contributed by atoms with Gasteiger partial charge in [0.15, 0.2) is 0 Å². The maximum Gasteiger partial charge on any atom is 0.416 e. The van der Waals surface area contributed by atoms with Gasteiger partial charge in [-0.3, -0.25) is 9.52 Å². The minimum Gasteiger partial charge on any atom is -0.494 e. The van der Waals surface area contributed by atoms with Crippen LogP contribution in [0.3, 0.4) is 0 Å². The van der Waals surface area contributed by atoms with Crippen molar-refractivity contribution in [2.45, 2.75) is 17.5 Å². The van der Waals surface area contributed by atoms with E-state index in [2.05, 4.69) is 14.9 Å². The average Bonchev–Trinajstić information content (AvgIpc) is 3.16. The first-order valence-electron chi connectivity index (χ1n) is 11.7. The van der Waals surface area contributed by atoms with Crippen LogP contribution in [0.4, 0.5) is 24.5 Å². The Morgan fingerprint density at radius 3 is 2.32 bits per heavy atom. The molecule has 0 radical (unpaired) electrons. The Bertz CT molecular complexity index is 1450. The smallest absolute Gasteiger partial charge is 0.416 e. The molecule has 200 valence electrons. The van der Waals surface area contributed by atoms with Crippen LogP contribution in [0.25, 0.3) is 11.6 Å². The summed E-state index contributed by atoms with van der Waals surface area (Å²) in [4.78, 5) is 14.6. The fourth-order valence-corrected chi connectivity index (χ4v) is 4.90. The Morgan fingerprint density at radius 1 is 1.00 bits per heavy atom. The maximum atomic E-state index is 12.9. The number of anilines is 2. The number of nitrogens with one attached hydrogen (secondary N) is 2. The molecule has 0 saturated carbocycles. The van der Waals surface area contributed by atoms with Crippen LogP contribution >= 0.6 is 0 Å². The Labute approximate surface area is 219 Å². The van der Waals surface area contributed by atoms with E-state index < -0.39 is 21.8 Å². The molecule has 0 bridgehead atoms. The van der Waals surface area contributed by atoms with Crippen molar-refractivity contribution >= 4 is 39.0 Å². The number of benzene rings is 3. The van der Waals surface area contributed by atoms with Crippen molar-refractivity contribution in [3.8, 4) is 5.75 Å². The molecule has 0 unspecified atom stereocenters. The zero-order valence-electron chi connectivity index (χ0n) is 20.7. The van der Waals surface area contributed by atoms with Gasteiger partial charge >= 0.3 is 6.18 Å². The van der Waals surface area contributed by atoms with E-state index in [9.17, 15) is 26.4 Å². The van der Waals surface area contributed by atoms with Gasteiger partial charge in [-0.25, -0.2) is 8.42 Å². The SMILES string of the molecule is CN(C)CCCOc1ccc(C=C2C(=O)Nc3ccc(S(=O)(=O)Nc4ccc(C(F)(F)F)cc4)cc32)cc1. The summed E-state index contributed by atoms with van der Waals surface area (Å²) in [6.07, 6.45) is -2.00. The topological polar surface area (TPSA) is 87.7 Å². The molecule has 1 aliphatic rings. The van der Waals surface area contributed by atoms with Gasteiger partial charge in [-0.2, -0.15) is 13.2 Å². The minimum absolute atomic E-state index is 0.0208. The van der Waals surface area contributed by atoms with E-state index in [1.807, 2.05) is 14.1 Å².